The predicted molar refractivity (Wildman–Crippen MR) is 106 cm³/mol. The zero-order chi connectivity index (χ0) is 20.1. The van der Waals surface area contributed by atoms with Gasteiger partial charge in [-0.3, -0.25) is 24.0 Å². The average Bonchev–Trinajstić information content (AvgIpc) is 2.63. The summed E-state index contributed by atoms with van der Waals surface area (Å²) in [6.45, 7) is 2.36. The van der Waals surface area contributed by atoms with E-state index in [1.54, 1.807) is 0 Å². The predicted octanol–water partition coefficient (Wildman–Crippen LogP) is 2.13. The number of amides is 1. The highest BCUT2D eigenvalue weighted by molar-refractivity contribution is 6.42. The molecule has 0 saturated carbocycles. The number of aromatic nitrogens is 2. The topological polar surface area (TPSA) is 110 Å². The lowest BCUT2D eigenvalue weighted by Gasteiger charge is -2.24. The molecule has 8 nitrogen and oxygen atoms in total. The normalized spacial score (nSPS) is 10.8. The SMILES string of the molecule is CCCn1c(N)c(N(CCOC)C(=O)c2ccc(Cl)c(Cl)c2)c(=O)[nH]c1=O. The van der Waals surface area contributed by atoms with Crippen molar-refractivity contribution in [3.8, 4) is 0 Å². The van der Waals surface area contributed by atoms with Crippen molar-refractivity contribution in [3.05, 3.63) is 54.6 Å². The van der Waals surface area contributed by atoms with Crippen molar-refractivity contribution in [1.82, 2.24) is 9.55 Å². The molecule has 0 atom stereocenters. The molecule has 0 aliphatic heterocycles. The standard InChI is InChI=1S/C17H20Cl2N4O4/c1-3-6-23-14(20)13(15(24)21-17(23)26)22(7-8-27-2)16(25)10-4-5-11(18)12(19)9-10/h4-5,9H,3,6-8,20H2,1-2H3,(H,21,24,26). The maximum Gasteiger partial charge on any atom is 0.330 e. The van der Waals surface area contributed by atoms with Crippen LogP contribution in [0.25, 0.3) is 0 Å². The molecule has 0 bridgehead atoms. The third-order valence-electron chi connectivity index (χ3n) is 3.86. The number of rotatable bonds is 7. The van der Waals surface area contributed by atoms with Crippen LogP contribution in [0.2, 0.25) is 10.0 Å². The largest absolute Gasteiger partial charge is 0.383 e. The van der Waals surface area contributed by atoms with Crippen molar-refractivity contribution >= 4 is 40.6 Å². The number of aromatic amines is 1. The minimum absolute atomic E-state index is 0.0488. The molecular formula is C17H20Cl2N4O4. The van der Waals surface area contributed by atoms with Crippen LogP contribution in [0.4, 0.5) is 11.5 Å². The molecular weight excluding hydrogens is 395 g/mol. The van der Waals surface area contributed by atoms with Gasteiger partial charge < -0.3 is 10.5 Å². The van der Waals surface area contributed by atoms with Crippen molar-refractivity contribution < 1.29 is 9.53 Å². The van der Waals surface area contributed by atoms with E-state index in [-0.39, 0.29) is 35.2 Å². The van der Waals surface area contributed by atoms with Crippen molar-refractivity contribution in [2.45, 2.75) is 19.9 Å². The number of hydrogen-bond donors (Lipinski definition) is 2. The second-order valence-corrected chi connectivity index (χ2v) is 6.54. The van der Waals surface area contributed by atoms with E-state index in [9.17, 15) is 14.4 Å². The van der Waals surface area contributed by atoms with Gasteiger partial charge in [0.15, 0.2) is 5.69 Å². The average molecular weight is 415 g/mol. The summed E-state index contributed by atoms with van der Waals surface area (Å²) in [5.74, 6) is -0.611. The van der Waals surface area contributed by atoms with Gasteiger partial charge in [0, 0.05) is 25.8 Å². The van der Waals surface area contributed by atoms with Gasteiger partial charge in [-0.25, -0.2) is 4.79 Å². The molecule has 2 aromatic rings. The highest BCUT2D eigenvalue weighted by Crippen LogP contribution is 2.25. The van der Waals surface area contributed by atoms with Crippen molar-refractivity contribution in [2.75, 3.05) is 30.9 Å². The molecule has 146 valence electrons. The van der Waals surface area contributed by atoms with Crippen LogP contribution in [0.3, 0.4) is 0 Å². The molecule has 0 radical (unpaired) electrons. The van der Waals surface area contributed by atoms with Crippen LogP contribution in [0.15, 0.2) is 27.8 Å². The van der Waals surface area contributed by atoms with Gasteiger partial charge in [0.05, 0.1) is 16.7 Å². The van der Waals surface area contributed by atoms with Gasteiger partial charge in [-0.2, -0.15) is 0 Å². The number of benzene rings is 1. The molecule has 0 aliphatic rings. The Bertz CT molecular complexity index is 955. The lowest BCUT2D eigenvalue weighted by Crippen LogP contribution is -2.42. The van der Waals surface area contributed by atoms with Crippen LogP contribution in [-0.2, 0) is 11.3 Å². The number of methoxy groups -OCH3 is 1. The zero-order valence-corrected chi connectivity index (χ0v) is 16.4. The van der Waals surface area contributed by atoms with Crippen LogP contribution >= 0.6 is 23.2 Å². The minimum atomic E-state index is -0.755. The van der Waals surface area contributed by atoms with E-state index < -0.39 is 17.2 Å². The Morgan fingerprint density at radius 1 is 1.30 bits per heavy atom. The first-order valence-corrected chi connectivity index (χ1v) is 8.95. The number of nitrogens with one attached hydrogen (secondary N) is 1. The fraction of sp³-hybridized carbons (Fsp3) is 0.353. The molecule has 0 fully saturated rings. The van der Waals surface area contributed by atoms with E-state index in [2.05, 4.69) is 4.98 Å². The van der Waals surface area contributed by atoms with E-state index in [4.69, 9.17) is 33.7 Å². The van der Waals surface area contributed by atoms with Crippen molar-refractivity contribution in [1.29, 1.82) is 0 Å². The molecule has 10 heteroatoms. The number of carbonyl (C=O) groups excluding carboxylic acids is 1. The molecule has 1 aromatic carbocycles. The third kappa shape index (κ3) is 4.52. The van der Waals surface area contributed by atoms with E-state index in [1.165, 1.54) is 34.8 Å². The van der Waals surface area contributed by atoms with Gasteiger partial charge in [0.2, 0.25) is 0 Å². The van der Waals surface area contributed by atoms with Crippen LogP contribution in [0.1, 0.15) is 23.7 Å². The smallest absolute Gasteiger partial charge is 0.330 e. The second kappa shape index (κ2) is 9.07. The van der Waals surface area contributed by atoms with E-state index in [0.29, 0.717) is 18.0 Å². The van der Waals surface area contributed by atoms with E-state index >= 15 is 0 Å². The molecule has 0 unspecified atom stereocenters. The number of nitrogens with zero attached hydrogens (tertiary/aromatic N) is 2. The van der Waals surface area contributed by atoms with Gasteiger partial charge in [-0.15, -0.1) is 0 Å². The number of ether oxygens (including phenoxy) is 1. The number of anilines is 2. The summed E-state index contributed by atoms with van der Waals surface area (Å²) < 4.78 is 6.26. The first-order chi connectivity index (χ1) is 12.8. The van der Waals surface area contributed by atoms with Crippen LogP contribution in [0.5, 0.6) is 0 Å². The summed E-state index contributed by atoms with van der Waals surface area (Å²) in [6, 6.07) is 4.37. The number of hydrogen-bond acceptors (Lipinski definition) is 5. The van der Waals surface area contributed by atoms with Gasteiger partial charge in [-0.1, -0.05) is 30.1 Å². The highest BCUT2D eigenvalue weighted by atomic mass is 35.5. The first-order valence-electron chi connectivity index (χ1n) is 8.20. The van der Waals surface area contributed by atoms with Crippen LogP contribution in [-0.4, -0.2) is 35.7 Å². The Kier molecular flexibility index (Phi) is 7.06. The fourth-order valence-electron chi connectivity index (χ4n) is 2.57. The summed E-state index contributed by atoms with van der Waals surface area (Å²) in [4.78, 5) is 40.9. The first kappa shape index (κ1) is 21.0. The van der Waals surface area contributed by atoms with E-state index in [1.807, 2.05) is 6.92 Å². The Morgan fingerprint density at radius 2 is 2.00 bits per heavy atom. The Balaban J connectivity index is 2.61. The molecule has 3 N–H and O–H groups in total. The van der Waals surface area contributed by atoms with E-state index in [0.717, 1.165) is 0 Å². The maximum atomic E-state index is 13.0. The van der Waals surface area contributed by atoms with Gasteiger partial charge in [0.1, 0.15) is 5.82 Å². The number of halogens is 2. The molecule has 1 aromatic heterocycles. The quantitative estimate of drug-likeness (QED) is 0.720. The van der Waals surface area contributed by atoms with Crippen LogP contribution < -0.4 is 21.9 Å². The number of nitrogens with two attached hydrogens (primary N) is 1. The van der Waals surface area contributed by atoms with Gasteiger partial charge in [-0.05, 0) is 24.6 Å². The van der Waals surface area contributed by atoms with Gasteiger partial charge >= 0.3 is 5.69 Å². The molecule has 0 spiro atoms. The van der Waals surface area contributed by atoms with Gasteiger partial charge in [0.25, 0.3) is 11.5 Å². The number of H-pyrrole nitrogens is 1. The lowest BCUT2D eigenvalue weighted by atomic mass is 10.2. The molecule has 2 rings (SSSR count). The maximum absolute atomic E-state index is 13.0. The second-order valence-electron chi connectivity index (χ2n) is 5.72. The monoisotopic (exact) mass is 414 g/mol. The molecule has 1 amide bonds. The molecule has 0 aliphatic carbocycles. The molecule has 1 heterocycles. The summed E-state index contributed by atoms with van der Waals surface area (Å²) in [5, 5.41) is 0.498. The van der Waals surface area contributed by atoms with Crippen molar-refractivity contribution in [2.24, 2.45) is 0 Å². The Labute approximate surface area is 165 Å². The number of nitrogen functional groups attached to an aromatic ring is 1. The fourth-order valence-corrected chi connectivity index (χ4v) is 2.86. The summed E-state index contributed by atoms with van der Waals surface area (Å²) in [5.41, 5.74) is 4.79. The highest BCUT2D eigenvalue weighted by Gasteiger charge is 2.25. The lowest BCUT2D eigenvalue weighted by molar-refractivity contribution is 0.0975. The zero-order valence-electron chi connectivity index (χ0n) is 14.9. The summed E-state index contributed by atoms with van der Waals surface area (Å²) in [6.07, 6.45) is 0.619. The Morgan fingerprint density at radius 3 is 2.59 bits per heavy atom. The molecule has 27 heavy (non-hydrogen) atoms. The summed E-state index contributed by atoms with van der Waals surface area (Å²) >= 11 is 11.9. The number of carbonyl (C=O) groups is 1. The Hall–Kier alpha value is -2.29. The third-order valence-corrected chi connectivity index (χ3v) is 4.60. The van der Waals surface area contributed by atoms with Crippen molar-refractivity contribution in [3.63, 3.8) is 0 Å². The molecule has 0 saturated heterocycles. The summed E-state index contributed by atoms with van der Waals surface area (Å²) in [7, 11) is 1.47. The van der Waals surface area contributed by atoms with Crippen LogP contribution in [0, 0.1) is 0 Å². The minimum Gasteiger partial charge on any atom is -0.383 e.